The molecule has 6 aromatic rings. The third-order valence-electron chi connectivity index (χ3n) is 5.70. The maximum atomic E-state index is 13.8. The molecule has 0 radical (unpaired) electrons. The Bertz CT molecular complexity index is 1710. The Morgan fingerprint density at radius 2 is 1.21 bits per heavy atom. The summed E-state index contributed by atoms with van der Waals surface area (Å²) in [5, 5.41) is 9.59. The van der Waals surface area contributed by atoms with E-state index in [1.54, 1.807) is 24.3 Å². The highest BCUT2D eigenvalue weighted by Gasteiger charge is 2.13. The molecule has 6 heteroatoms. The number of hydrogen-bond acceptors (Lipinski definition) is 3. The van der Waals surface area contributed by atoms with Gasteiger partial charge in [-0.1, -0.05) is 60.7 Å². The van der Waals surface area contributed by atoms with Crippen molar-refractivity contribution in [1.82, 2.24) is 9.97 Å². The van der Waals surface area contributed by atoms with E-state index in [0.717, 1.165) is 38.1 Å². The number of carbonyl (C=O) groups excluding carboxylic acids is 1. The molecule has 33 heavy (non-hydrogen) atoms. The Hall–Kier alpha value is -4.58. The fourth-order valence-corrected chi connectivity index (χ4v) is 4.20. The van der Waals surface area contributed by atoms with Crippen molar-refractivity contribution in [2.75, 3.05) is 10.6 Å². The van der Waals surface area contributed by atoms with Crippen molar-refractivity contribution in [2.45, 2.75) is 0 Å². The molecular weight excluding hydrogens is 415 g/mol. The van der Waals surface area contributed by atoms with Crippen molar-refractivity contribution in [3.05, 3.63) is 96.8 Å². The molecule has 0 aliphatic heterocycles. The summed E-state index contributed by atoms with van der Waals surface area (Å²) in [4.78, 5) is 22.2. The van der Waals surface area contributed by atoms with Gasteiger partial charge in [0, 0.05) is 16.5 Å². The number of amides is 2. The van der Waals surface area contributed by atoms with Crippen LogP contribution in [0.4, 0.5) is 20.6 Å². The number of halogens is 1. The standard InChI is InChI=1S/C27H17FN4O/c28-21-11-5-6-12-22(21)32-27(33)29-16-13-14-23-24(15-16)31-26-20-10-4-2-8-18(20)17-7-1-3-9-19(17)25(26)30-23/h1-15H,(H2,29,32,33). The van der Waals surface area contributed by atoms with Crippen LogP contribution in [0.2, 0.25) is 0 Å². The summed E-state index contributed by atoms with van der Waals surface area (Å²) in [6.07, 6.45) is 0. The molecule has 0 saturated heterocycles. The van der Waals surface area contributed by atoms with Crippen LogP contribution in [0.5, 0.6) is 0 Å². The third-order valence-corrected chi connectivity index (χ3v) is 5.70. The summed E-state index contributed by atoms with van der Waals surface area (Å²) in [7, 11) is 0. The molecular formula is C27H17FN4O. The predicted octanol–water partition coefficient (Wildman–Crippen LogP) is 6.87. The second kappa shape index (κ2) is 7.53. The zero-order valence-electron chi connectivity index (χ0n) is 17.3. The van der Waals surface area contributed by atoms with E-state index < -0.39 is 11.8 Å². The number of urea groups is 1. The maximum absolute atomic E-state index is 13.8. The summed E-state index contributed by atoms with van der Waals surface area (Å²) in [6, 6.07) is 27.2. The van der Waals surface area contributed by atoms with Gasteiger partial charge in [-0.25, -0.2) is 19.2 Å². The lowest BCUT2D eigenvalue weighted by Crippen LogP contribution is -2.20. The molecule has 0 fully saturated rings. The lowest BCUT2D eigenvalue weighted by Gasteiger charge is -2.11. The van der Waals surface area contributed by atoms with Crippen LogP contribution >= 0.6 is 0 Å². The van der Waals surface area contributed by atoms with E-state index in [1.807, 2.05) is 30.3 Å². The van der Waals surface area contributed by atoms with Crippen molar-refractivity contribution in [2.24, 2.45) is 0 Å². The minimum Gasteiger partial charge on any atom is -0.308 e. The van der Waals surface area contributed by atoms with Gasteiger partial charge in [0.05, 0.1) is 27.8 Å². The van der Waals surface area contributed by atoms with E-state index in [-0.39, 0.29) is 5.69 Å². The number of fused-ring (bicyclic) bond motifs is 7. The Kier molecular flexibility index (Phi) is 4.36. The second-order valence-electron chi connectivity index (χ2n) is 7.77. The van der Waals surface area contributed by atoms with Gasteiger partial charge in [-0.15, -0.1) is 0 Å². The molecule has 1 heterocycles. The van der Waals surface area contributed by atoms with E-state index >= 15 is 0 Å². The normalized spacial score (nSPS) is 11.3. The molecule has 0 aliphatic carbocycles. The topological polar surface area (TPSA) is 66.9 Å². The number of rotatable bonds is 2. The van der Waals surface area contributed by atoms with Gasteiger partial charge < -0.3 is 10.6 Å². The first kappa shape index (κ1) is 19.1. The second-order valence-corrected chi connectivity index (χ2v) is 7.77. The number of aromatic nitrogens is 2. The largest absolute Gasteiger partial charge is 0.323 e. The first-order valence-electron chi connectivity index (χ1n) is 10.5. The zero-order valence-corrected chi connectivity index (χ0v) is 17.3. The maximum Gasteiger partial charge on any atom is 0.323 e. The van der Waals surface area contributed by atoms with Crippen LogP contribution in [0.1, 0.15) is 0 Å². The summed E-state index contributed by atoms with van der Waals surface area (Å²) in [5.74, 6) is -0.498. The average Bonchev–Trinajstić information content (AvgIpc) is 2.84. The fourth-order valence-electron chi connectivity index (χ4n) is 4.20. The molecule has 0 spiro atoms. The van der Waals surface area contributed by atoms with Gasteiger partial charge >= 0.3 is 6.03 Å². The van der Waals surface area contributed by atoms with Gasteiger partial charge in [-0.3, -0.25) is 0 Å². The van der Waals surface area contributed by atoms with Gasteiger partial charge in [0.25, 0.3) is 0 Å². The van der Waals surface area contributed by atoms with Gasteiger partial charge in [-0.2, -0.15) is 0 Å². The van der Waals surface area contributed by atoms with E-state index in [9.17, 15) is 9.18 Å². The first-order valence-corrected chi connectivity index (χ1v) is 10.5. The molecule has 6 rings (SSSR count). The van der Waals surface area contributed by atoms with Crippen molar-refractivity contribution < 1.29 is 9.18 Å². The Labute approximate surface area is 187 Å². The molecule has 5 aromatic carbocycles. The van der Waals surface area contributed by atoms with E-state index in [1.165, 1.54) is 12.1 Å². The van der Waals surface area contributed by atoms with Gasteiger partial charge in [-0.05, 0) is 41.1 Å². The fraction of sp³-hybridized carbons (Fsp3) is 0. The highest BCUT2D eigenvalue weighted by Crippen LogP contribution is 2.34. The molecule has 2 N–H and O–H groups in total. The quantitative estimate of drug-likeness (QED) is 0.232. The molecule has 5 nitrogen and oxygen atoms in total. The van der Waals surface area contributed by atoms with Crippen LogP contribution in [0.15, 0.2) is 91.0 Å². The molecule has 0 bridgehead atoms. The molecule has 0 atom stereocenters. The van der Waals surface area contributed by atoms with Gasteiger partial charge in [0.15, 0.2) is 0 Å². The summed E-state index contributed by atoms with van der Waals surface area (Å²) < 4.78 is 13.8. The Morgan fingerprint density at radius 3 is 1.88 bits per heavy atom. The molecule has 158 valence electrons. The highest BCUT2D eigenvalue weighted by atomic mass is 19.1. The monoisotopic (exact) mass is 432 g/mol. The highest BCUT2D eigenvalue weighted by molar-refractivity contribution is 6.23. The van der Waals surface area contributed by atoms with Crippen molar-refractivity contribution in [3.8, 4) is 0 Å². The minimum absolute atomic E-state index is 0.111. The SMILES string of the molecule is O=C(Nc1ccc2nc3c4ccccc4c4ccccc4c3nc2c1)Nc1ccccc1F. The lowest BCUT2D eigenvalue weighted by molar-refractivity contribution is 0.262. The number of benzene rings is 5. The molecule has 0 aliphatic rings. The van der Waals surface area contributed by atoms with E-state index in [0.29, 0.717) is 11.2 Å². The van der Waals surface area contributed by atoms with Crippen molar-refractivity contribution in [3.63, 3.8) is 0 Å². The average molecular weight is 432 g/mol. The predicted molar refractivity (Wildman–Crippen MR) is 131 cm³/mol. The van der Waals surface area contributed by atoms with Crippen LogP contribution in [0.25, 0.3) is 43.6 Å². The Morgan fingerprint density at radius 1 is 0.636 bits per heavy atom. The third kappa shape index (κ3) is 3.29. The number of anilines is 2. The van der Waals surface area contributed by atoms with Crippen LogP contribution < -0.4 is 10.6 Å². The number of carbonyl (C=O) groups is 1. The van der Waals surface area contributed by atoms with Crippen molar-refractivity contribution in [1.29, 1.82) is 0 Å². The number of nitrogens with one attached hydrogen (secondary N) is 2. The summed E-state index contributed by atoms with van der Waals surface area (Å²) in [6.45, 7) is 0. The molecule has 1 aromatic heterocycles. The number of para-hydroxylation sites is 1. The number of nitrogens with zero attached hydrogens (tertiary/aromatic N) is 2. The van der Waals surface area contributed by atoms with E-state index in [2.05, 4.69) is 34.9 Å². The van der Waals surface area contributed by atoms with Crippen LogP contribution in [-0.4, -0.2) is 16.0 Å². The lowest BCUT2D eigenvalue weighted by atomic mass is 9.99. The summed E-state index contributed by atoms with van der Waals surface area (Å²) >= 11 is 0. The first-order chi connectivity index (χ1) is 16.2. The number of hydrogen-bond donors (Lipinski definition) is 2. The summed E-state index contributed by atoms with van der Waals surface area (Å²) in [5.41, 5.74) is 3.68. The van der Waals surface area contributed by atoms with Gasteiger partial charge in [0.1, 0.15) is 5.82 Å². The molecule has 0 saturated carbocycles. The van der Waals surface area contributed by atoms with Crippen LogP contribution in [-0.2, 0) is 0 Å². The molecule has 2 amide bonds. The zero-order chi connectivity index (χ0) is 22.4. The smallest absolute Gasteiger partial charge is 0.308 e. The Balaban J connectivity index is 1.45. The minimum atomic E-state index is -0.537. The van der Waals surface area contributed by atoms with E-state index in [4.69, 9.17) is 9.97 Å². The van der Waals surface area contributed by atoms with Crippen LogP contribution in [0, 0.1) is 5.82 Å². The van der Waals surface area contributed by atoms with Gasteiger partial charge in [0.2, 0.25) is 0 Å². The van der Waals surface area contributed by atoms with Crippen molar-refractivity contribution >= 4 is 61.0 Å². The van der Waals surface area contributed by atoms with Crippen LogP contribution in [0.3, 0.4) is 0 Å². The molecule has 0 unspecified atom stereocenters.